The first-order valence-electron chi connectivity index (χ1n) is 9.95. The number of phenols is 1. The molecule has 0 atom stereocenters. The van der Waals surface area contributed by atoms with Crippen LogP contribution in [0.25, 0.3) is 6.08 Å². The predicted octanol–water partition coefficient (Wildman–Crippen LogP) is 6.49. The Kier molecular flexibility index (Phi) is 11.2. The average molecular weight is 698 g/mol. The van der Waals surface area contributed by atoms with Crippen molar-refractivity contribution in [1.29, 1.82) is 0 Å². The Morgan fingerprint density at radius 3 is 2.12 bits per heavy atom. The van der Waals surface area contributed by atoms with Crippen LogP contribution in [-0.4, -0.2) is 61.7 Å². The van der Waals surface area contributed by atoms with Gasteiger partial charge in [0.25, 0.3) is 0 Å². The number of amides is 1. The van der Waals surface area contributed by atoms with E-state index in [1.165, 1.54) is 11.6 Å². The minimum Gasteiger partial charge on any atom is -0.506 e. The van der Waals surface area contributed by atoms with E-state index < -0.39 is 0 Å². The quantitative estimate of drug-likeness (QED) is 0.228. The maximum atomic E-state index is 12.4. The van der Waals surface area contributed by atoms with Gasteiger partial charge in [0, 0.05) is 26.2 Å². The maximum absolute atomic E-state index is 12.4. The summed E-state index contributed by atoms with van der Waals surface area (Å²) in [7, 11) is 5.88. The van der Waals surface area contributed by atoms with Crippen LogP contribution in [0.15, 0.2) is 48.2 Å². The van der Waals surface area contributed by atoms with Gasteiger partial charge < -0.3 is 19.6 Å². The summed E-state index contributed by atoms with van der Waals surface area (Å²) in [6, 6.07) is 7.67. The van der Waals surface area contributed by atoms with E-state index in [1.807, 2.05) is 0 Å². The third-order valence-electron chi connectivity index (χ3n) is 4.62. The molecule has 0 radical (unpaired) electrons. The molecule has 0 aliphatic carbocycles. The van der Waals surface area contributed by atoms with Crippen LogP contribution >= 0.6 is 63.7 Å². The van der Waals surface area contributed by atoms with Crippen LogP contribution in [0.5, 0.6) is 11.5 Å². The van der Waals surface area contributed by atoms with Crippen molar-refractivity contribution in [1.82, 2.24) is 9.80 Å². The molecule has 174 valence electrons. The van der Waals surface area contributed by atoms with E-state index in [0.29, 0.717) is 28.5 Å². The highest BCUT2D eigenvalue weighted by Crippen LogP contribution is 2.35. The van der Waals surface area contributed by atoms with Crippen molar-refractivity contribution >= 4 is 75.7 Å². The Morgan fingerprint density at radius 2 is 1.56 bits per heavy atom. The monoisotopic (exact) mass is 694 g/mol. The van der Waals surface area contributed by atoms with Gasteiger partial charge in [-0.05, 0) is 132 Å². The minimum atomic E-state index is -0.0991. The first-order valence-corrected chi connectivity index (χ1v) is 13.1. The SMILES string of the molecule is CN(C)CCc1cc(Br)c(OCCCN(C)C(=O)C=Cc2cc(Br)c(O)c(Br)c2)c(Br)c1. The molecule has 9 heteroatoms. The molecule has 2 rings (SSSR count). The zero-order valence-electron chi connectivity index (χ0n) is 18.2. The van der Waals surface area contributed by atoms with Crippen molar-refractivity contribution in [2.75, 3.05) is 40.8 Å². The molecule has 0 unspecified atom stereocenters. The molecule has 0 fully saturated rings. The van der Waals surface area contributed by atoms with Gasteiger partial charge in [-0.15, -0.1) is 0 Å². The number of halogens is 4. The number of ether oxygens (including phenoxy) is 1. The van der Waals surface area contributed by atoms with Crippen LogP contribution in [-0.2, 0) is 11.2 Å². The smallest absolute Gasteiger partial charge is 0.246 e. The second kappa shape index (κ2) is 13.1. The molecule has 1 N–H and O–H groups in total. The lowest BCUT2D eigenvalue weighted by molar-refractivity contribution is -0.124. The van der Waals surface area contributed by atoms with Gasteiger partial charge in [-0.3, -0.25) is 4.79 Å². The lowest BCUT2D eigenvalue weighted by Gasteiger charge is -2.17. The molecule has 0 aromatic heterocycles. The minimum absolute atomic E-state index is 0.0991. The Hall–Kier alpha value is -0.870. The van der Waals surface area contributed by atoms with Crippen molar-refractivity contribution in [2.24, 2.45) is 0 Å². The highest BCUT2D eigenvalue weighted by molar-refractivity contribution is 9.11. The van der Waals surface area contributed by atoms with Crippen LogP contribution in [0.4, 0.5) is 0 Å². The summed E-state index contributed by atoms with van der Waals surface area (Å²) >= 11 is 13.8. The molecule has 0 saturated heterocycles. The molecular weight excluding hydrogens is 672 g/mol. The van der Waals surface area contributed by atoms with Crippen molar-refractivity contribution in [3.8, 4) is 11.5 Å². The zero-order valence-corrected chi connectivity index (χ0v) is 24.5. The summed E-state index contributed by atoms with van der Waals surface area (Å²) in [6.07, 6.45) is 4.90. The Labute approximate surface area is 223 Å². The standard InChI is InChI=1S/C23H26Br4N2O3/c1-28(2)9-7-16-13-19(26)23(20(27)14-16)32-10-4-8-29(3)21(30)6-5-15-11-17(24)22(31)18(25)12-15/h5-6,11-14,31H,4,7-10H2,1-3H3. The predicted molar refractivity (Wildman–Crippen MR) is 144 cm³/mol. The lowest BCUT2D eigenvalue weighted by atomic mass is 10.1. The molecular formula is C23H26Br4N2O3. The molecule has 0 heterocycles. The molecule has 0 spiro atoms. The fourth-order valence-electron chi connectivity index (χ4n) is 2.81. The van der Waals surface area contributed by atoms with Crippen molar-refractivity contribution < 1.29 is 14.6 Å². The van der Waals surface area contributed by atoms with Gasteiger partial charge in [-0.2, -0.15) is 0 Å². The first-order chi connectivity index (χ1) is 15.1. The normalized spacial score (nSPS) is 11.4. The third kappa shape index (κ3) is 8.48. The highest BCUT2D eigenvalue weighted by Gasteiger charge is 2.11. The van der Waals surface area contributed by atoms with Gasteiger partial charge in [0.15, 0.2) is 0 Å². The molecule has 2 aromatic carbocycles. The van der Waals surface area contributed by atoms with Crippen LogP contribution in [0.2, 0.25) is 0 Å². The largest absolute Gasteiger partial charge is 0.506 e. The highest BCUT2D eigenvalue weighted by atomic mass is 79.9. The van der Waals surface area contributed by atoms with E-state index >= 15 is 0 Å². The number of hydrogen-bond acceptors (Lipinski definition) is 4. The molecule has 1 amide bonds. The Bertz CT molecular complexity index is 934. The molecule has 0 saturated carbocycles. The van der Waals surface area contributed by atoms with Crippen molar-refractivity contribution in [3.05, 3.63) is 59.4 Å². The Morgan fingerprint density at radius 1 is 0.969 bits per heavy atom. The van der Waals surface area contributed by atoms with Gasteiger partial charge >= 0.3 is 0 Å². The van der Waals surface area contributed by atoms with Gasteiger partial charge in [0.1, 0.15) is 11.5 Å². The van der Waals surface area contributed by atoms with E-state index in [0.717, 1.165) is 33.2 Å². The number of likely N-dealkylation sites (N-methyl/N-ethyl adjacent to an activating group) is 2. The number of phenolic OH excluding ortho intramolecular Hbond substituents is 1. The van der Waals surface area contributed by atoms with Gasteiger partial charge in [0.2, 0.25) is 5.91 Å². The summed E-state index contributed by atoms with van der Waals surface area (Å²) in [5.41, 5.74) is 2.03. The van der Waals surface area contributed by atoms with Crippen molar-refractivity contribution in [3.63, 3.8) is 0 Å². The number of rotatable bonds is 10. The van der Waals surface area contributed by atoms with Crippen LogP contribution in [0.1, 0.15) is 17.5 Å². The Balaban J connectivity index is 1.84. The summed E-state index contributed by atoms with van der Waals surface area (Å²) in [6.45, 7) is 2.05. The van der Waals surface area contributed by atoms with E-state index in [1.54, 1.807) is 30.2 Å². The lowest BCUT2D eigenvalue weighted by Crippen LogP contribution is -2.26. The number of hydrogen-bond donors (Lipinski definition) is 1. The number of aromatic hydroxyl groups is 1. The topological polar surface area (TPSA) is 53.0 Å². The molecule has 0 aliphatic rings. The maximum Gasteiger partial charge on any atom is 0.246 e. The van der Waals surface area contributed by atoms with Crippen molar-refractivity contribution in [2.45, 2.75) is 12.8 Å². The second-order valence-corrected chi connectivity index (χ2v) is 11.0. The summed E-state index contributed by atoms with van der Waals surface area (Å²) in [4.78, 5) is 16.2. The molecule has 0 bridgehead atoms. The number of benzene rings is 2. The average Bonchev–Trinajstić information content (AvgIpc) is 2.72. The fraction of sp³-hybridized carbons (Fsp3) is 0.348. The van der Waals surface area contributed by atoms with E-state index in [9.17, 15) is 9.90 Å². The fourth-order valence-corrected chi connectivity index (χ4v) is 5.54. The van der Waals surface area contributed by atoms with Gasteiger partial charge in [0.05, 0.1) is 24.5 Å². The number of nitrogens with zero attached hydrogens (tertiary/aromatic N) is 2. The summed E-state index contributed by atoms with van der Waals surface area (Å²) < 4.78 is 8.91. The van der Waals surface area contributed by atoms with Crippen LogP contribution in [0, 0.1) is 0 Å². The molecule has 5 nitrogen and oxygen atoms in total. The molecule has 32 heavy (non-hydrogen) atoms. The zero-order chi connectivity index (χ0) is 23.8. The van der Waals surface area contributed by atoms with Crippen LogP contribution < -0.4 is 4.74 Å². The van der Waals surface area contributed by atoms with Crippen LogP contribution in [0.3, 0.4) is 0 Å². The summed E-state index contributed by atoms with van der Waals surface area (Å²) in [5.74, 6) is 0.806. The van der Waals surface area contributed by atoms with E-state index in [4.69, 9.17) is 4.74 Å². The van der Waals surface area contributed by atoms with Gasteiger partial charge in [-0.1, -0.05) is 0 Å². The molecule has 2 aromatic rings. The number of carbonyl (C=O) groups is 1. The summed E-state index contributed by atoms with van der Waals surface area (Å²) in [5, 5.41) is 9.78. The third-order valence-corrected chi connectivity index (χ3v) is 7.01. The van der Waals surface area contributed by atoms with E-state index in [-0.39, 0.29) is 11.7 Å². The van der Waals surface area contributed by atoms with Gasteiger partial charge in [-0.25, -0.2) is 0 Å². The second-order valence-electron chi connectivity index (χ2n) is 7.57. The molecule has 0 aliphatic heterocycles. The van der Waals surface area contributed by atoms with E-state index in [2.05, 4.69) is 94.8 Å². The first kappa shape index (κ1) is 27.4. The number of carbonyl (C=O) groups excluding carboxylic acids is 1.